The lowest BCUT2D eigenvalue weighted by atomic mass is 9.94. The van der Waals surface area contributed by atoms with Crippen molar-refractivity contribution < 1.29 is 32.2 Å². The van der Waals surface area contributed by atoms with Crippen LogP contribution in [0.3, 0.4) is 0 Å². The van der Waals surface area contributed by atoms with Gasteiger partial charge in [0, 0.05) is 17.1 Å². The number of rotatable bonds is 5. The van der Waals surface area contributed by atoms with Crippen molar-refractivity contribution in [2.24, 2.45) is 0 Å². The zero-order chi connectivity index (χ0) is 30.3. The SMILES string of the molecule is CCOC(=O)c1cn(-c2ccc(F)cc2F)c2nc(-c3cc4c(s3)C(NC(=O)OC(C)(C)C)CCC4)c(F)cc2c1=O. The van der Waals surface area contributed by atoms with Crippen LogP contribution in [0.25, 0.3) is 27.3 Å². The number of carbonyl (C=O) groups is 2. The summed E-state index contributed by atoms with van der Waals surface area (Å²) in [6.07, 6.45) is 2.67. The lowest BCUT2D eigenvalue weighted by molar-refractivity contribution is 0.0496. The Morgan fingerprint density at radius 2 is 1.90 bits per heavy atom. The zero-order valence-corrected chi connectivity index (χ0v) is 24.2. The van der Waals surface area contributed by atoms with E-state index in [2.05, 4.69) is 10.3 Å². The maximum Gasteiger partial charge on any atom is 0.408 e. The number of thiophene rings is 1. The molecule has 0 saturated carbocycles. The lowest BCUT2D eigenvalue weighted by Gasteiger charge is -2.26. The van der Waals surface area contributed by atoms with Crippen LogP contribution >= 0.6 is 11.3 Å². The highest BCUT2D eigenvalue weighted by atomic mass is 32.1. The van der Waals surface area contributed by atoms with Gasteiger partial charge in [-0.1, -0.05) is 0 Å². The Morgan fingerprint density at radius 1 is 1.14 bits per heavy atom. The minimum Gasteiger partial charge on any atom is -0.462 e. The fourth-order valence-corrected chi connectivity index (χ4v) is 6.17. The number of hydrogen-bond acceptors (Lipinski definition) is 7. The fourth-order valence-electron chi connectivity index (χ4n) is 4.88. The molecule has 1 atom stereocenters. The number of nitrogens with one attached hydrogen (secondary N) is 1. The van der Waals surface area contributed by atoms with Crippen LogP contribution in [0.2, 0.25) is 0 Å². The lowest BCUT2D eigenvalue weighted by Crippen LogP contribution is -2.35. The predicted molar refractivity (Wildman–Crippen MR) is 152 cm³/mol. The molecule has 1 aromatic carbocycles. The van der Waals surface area contributed by atoms with Gasteiger partial charge in [0.1, 0.15) is 34.1 Å². The van der Waals surface area contributed by atoms with Crippen LogP contribution in [0, 0.1) is 17.5 Å². The van der Waals surface area contributed by atoms with Gasteiger partial charge in [0.15, 0.2) is 5.82 Å². The van der Waals surface area contributed by atoms with Crippen molar-refractivity contribution in [2.45, 2.75) is 58.6 Å². The van der Waals surface area contributed by atoms with E-state index >= 15 is 4.39 Å². The standard InChI is InChI=1S/C30H28F3N3O5S/c1-5-40-28(38)18-14-36(22-10-9-16(31)12-19(22)32)27-17(25(18)37)13-20(33)24(35-27)23-11-15-7-6-8-21(26(15)42-23)34-29(39)41-30(2,3)4/h9-14,21H,5-8H2,1-4H3,(H,34,39). The highest BCUT2D eigenvalue weighted by Crippen LogP contribution is 2.41. The third kappa shape index (κ3) is 5.76. The van der Waals surface area contributed by atoms with Gasteiger partial charge in [0.05, 0.1) is 28.6 Å². The van der Waals surface area contributed by atoms with Crippen LogP contribution in [0.1, 0.15) is 67.4 Å². The molecular formula is C30H28F3N3O5S. The van der Waals surface area contributed by atoms with E-state index in [1.165, 1.54) is 11.3 Å². The Hall–Kier alpha value is -4.19. The minimum absolute atomic E-state index is 0.0282. The number of carbonyl (C=O) groups excluding carboxylic acids is 2. The molecule has 8 nitrogen and oxygen atoms in total. The number of halogens is 3. The van der Waals surface area contributed by atoms with Crippen LogP contribution in [-0.4, -0.2) is 33.8 Å². The number of pyridine rings is 2. The first kappa shape index (κ1) is 29.3. The van der Waals surface area contributed by atoms with E-state index in [9.17, 15) is 23.2 Å². The molecule has 5 rings (SSSR count). The van der Waals surface area contributed by atoms with E-state index in [-0.39, 0.29) is 35.1 Å². The molecule has 0 radical (unpaired) electrons. The molecule has 0 spiro atoms. The molecule has 3 aromatic heterocycles. The van der Waals surface area contributed by atoms with E-state index in [1.54, 1.807) is 33.8 Å². The number of alkyl carbamates (subject to hydrolysis) is 1. The summed E-state index contributed by atoms with van der Waals surface area (Å²) in [5.74, 6) is -3.61. The minimum atomic E-state index is -0.981. The molecule has 0 saturated heterocycles. The van der Waals surface area contributed by atoms with Gasteiger partial charge in [-0.05, 0) is 76.8 Å². The highest BCUT2D eigenvalue weighted by molar-refractivity contribution is 7.15. The van der Waals surface area contributed by atoms with Gasteiger partial charge in [-0.15, -0.1) is 11.3 Å². The summed E-state index contributed by atoms with van der Waals surface area (Å²) in [6.45, 7) is 6.83. The quantitative estimate of drug-likeness (QED) is 0.259. The van der Waals surface area contributed by atoms with Gasteiger partial charge in [0.25, 0.3) is 0 Å². The smallest absolute Gasteiger partial charge is 0.408 e. The second-order valence-electron chi connectivity index (χ2n) is 10.8. The highest BCUT2D eigenvalue weighted by Gasteiger charge is 2.29. The van der Waals surface area contributed by atoms with Crippen LogP contribution in [0.4, 0.5) is 18.0 Å². The molecule has 1 aliphatic rings. The molecule has 1 amide bonds. The number of nitrogens with zero attached hydrogens (tertiary/aromatic N) is 2. The topological polar surface area (TPSA) is 99.5 Å². The number of aromatic nitrogens is 2. The molecule has 12 heteroatoms. The van der Waals surface area contributed by atoms with E-state index in [0.29, 0.717) is 23.8 Å². The van der Waals surface area contributed by atoms with Crippen molar-refractivity contribution in [2.75, 3.05) is 6.61 Å². The molecule has 1 N–H and O–H groups in total. The summed E-state index contributed by atoms with van der Waals surface area (Å²) >= 11 is 1.25. The monoisotopic (exact) mass is 599 g/mol. The van der Waals surface area contributed by atoms with Crippen molar-refractivity contribution in [3.05, 3.63) is 80.2 Å². The van der Waals surface area contributed by atoms with Crippen molar-refractivity contribution in [1.29, 1.82) is 0 Å². The Balaban J connectivity index is 1.65. The average Bonchev–Trinajstić information content (AvgIpc) is 3.33. The molecule has 0 aliphatic heterocycles. The second-order valence-corrected chi connectivity index (χ2v) is 11.9. The number of fused-ring (bicyclic) bond motifs is 2. The Kier molecular flexibility index (Phi) is 7.84. The van der Waals surface area contributed by atoms with E-state index < -0.39 is 46.1 Å². The summed E-state index contributed by atoms with van der Waals surface area (Å²) in [5, 5.41) is 2.61. The van der Waals surface area contributed by atoms with Crippen LogP contribution in [0.15, 0.2) is 41.3 Å². The Morgan fingerprint density at radius 3 is 2.60 bits per heavy atom. The first-order chi connectivity index (χ1) is 19.9. The molecule has 3 heterocycles. The maximum atomic E-state index is 15.7. The summed E-state index contributed by atoms with van der Waals surface area (Å²) < 4.78 is 55.8. The van der Waals surface area contributed by atoms with Crippen molar-refractivity contribution in [3.8, 4) is 16.3 Å². The largest absolute Gasteiger partial charge is 0.462 e. The molecule has 0 bridgehead atoms. The van der Waals surface area contributed by atoms with Crippen molar-refractivity contribution in [3.63, 3.8) is 0 Å². The predicted octanol–water partition coefficient (Wildman–Crippen LogP) is 6.61. The van der Waals surface area contributed by atoms with Crippen LogP contribution < -0.4 is 10.7 Å². The number of amides is 1. The van der Waals surface area contributed by atoms with Crippen LogP contribution in [0.5, 0.6) is 0 Å². The van der Waals surface area contributed by atoms with Gasteiger partial charge in [-0.3, -0.25) is 9.36 Å². The molecule has 1 unspecified atom stereocenters. The maximum absolute atomic E-state index is 15.7. The summed E-state index contributed by atoms with van der Waals surface area (Å²) in [4.78, 5) is 44.0. The Bertz CT molecular complexity index is 1780. The molecular weight excluding hydrogens is 571 g/mol. The van der Waals surface area contributed by atoms with Gasteiger partial charge in [-0.25, -0.2) is 27.7 Å². The van der Waals surface area contributed by atoms with Gasteiger partial charge in [0.2, 0.25) is 5.43 Å². The molecule has 0 fully saturated rings. The molecule has 42 heavy (non-hydrogen) atoms. The summed E-state index contributed by atoms with van der Waals surface area (Å²) in [5.41, 5.74) is -1.49. The Labute approximate surface area is 243 Å². The average molecular weight is 600 g/mol. The van der Waals surface area contributed by atoms with Gasteiger partial charge in [-0.2, -0.15) is 0 Å². The fraction of sp³-hybridized carbons (Fsp3) is 0.333. The van der Waals surface area contributed by atoms with Crippen molar-refractivity contribution in [1.82, 2.24) is 14.9 Å². The zero-order valence-electron chi connectivity index (χ0n) is 23.3. The van der Waals surface area contributed by atoms with E-state index in [0.717, 1.165) is 45.8 Å². The first-order valence-electron chi connectivity index (χ1n) is 13.4. The van der Waals surface area contributed by atoms with E-state index in [4.69, 9.17) is 9.47 Å². The van der Waals surface area contributed by atoms with Gasteiger partial charge < -0.3 is 14.8 Å². The third-order valence-corrected chi connectivity index (χ3v) is 7.92. The van der Waals surface area contributed by atoms with Gasteiger partial charge >= 0.3 is 12.1 Å². The number of benzene rings is 1. The number of hydrogen-bond donors (Lipinski definition) is 1. The molecule has 4 aromatic rings. The van der Waals surface area contributed by atoms with Crippen molar-refractivity contribution >= 4 is 34.4 Å². The normalized spacial score (nSPS) is 14.9. The number of ether oxygens (including phenoxy) is 2. The van der Waals surface area contributed by atoms with E-state index in [1.807, 2.05) is 0 Å². The summed E-state index contributed by atoms with van der Waals surface area (Å²) in [6, 6.07) is 5.19. The number of esters is 1. The second kappa shape index (κ2) is 11.2. The van der Waals surface area contributed by atoms with Crippen LogP contribution in [-0.2, 0) is 15.9 Å². The number of aryl methyl sites for hydroxylation is 1. The summed E-state index contributed by atoms with van der Waals surface area (Å²) in [7, 11) is 0. The first-order valence-corrected chi connectivity index (χ1v) is 14.2. The third-order valence-electron chi connectivity index (χ3n) is 6.62. The molecule has 1 aliphatic carbocycles. The molecule has 220 valence electrons.